The van der Waals surface area contributed by atoms with Crippen molar-refractivity contribution in [3.8, 4) is 0 Å². The van der Waals surface area contributed by atoms with Crippen LogP contribution in [0.4, 0.5) is 0 Å². The number of carbonyl (C=O) groups is 1. The molecule has 6 heteroatoms. The normalized spacial score (nSPS) is 26.1. The first-order chi connectivity index (χ1) is 11.9. The molecule has 0 radical (unpaired) electrons. The average Bonchev–Trinajstić information content (AvgIpc) is 2.59. The van der Waals surface area contributed by atoms with Crippen molar-refractivity contribution < 1.29 is 25.2 Å². The van der Waals surface area contributed by atoms with E-state index in [0.717, 1.165) is 15.9 Å². The molecule has 0 spiro atoms. The molecule has 130 valence electrons. The first-order valence-electron chi connectivity index (χ1n) is 7.77. The molecule has 2 aromatic carbocycles. The van der Waals surface area contributed by atoms with Gasteiger partial charge in [0.05, 0.1) is 6.10 Å². The number of hydrogen-bond donors (Lipinski definition) is 4. The topological polar surface area (TPSA) is 98.0 Å². The fourth-order valence-electron chi connectivity index (χ4n) is 2.81. The Balaban J connectivity index is 1.96. The lowest BCUT2D eigenvalue weighted by Gasteiger charge is -2.33. The minimum absolute atomic E-state index is 0.208. The lowest BCUT2D eigenvalue weighted by atomic mass is 9.80. The van der Waals surface area contributed by atoms with Crippen LogP contribution in [0.15, 0.2) is 70.5 Å². The van der Waals surface area contributed by atoms with Gasteiger partial charge >= 0.3 is 5.97 Å². The van der Waals surface area contributed by atoms with Crippen LogP contribution in [-0.2, 0) is 4.79 Å². The Bertz CT molecular complexity index is 804. The molecule has 2 aromatic rings. The molecule has 0 aromatic heterocycles. The third-order valence-corrected chi connectivity index (χ3v) is 5.11. The van der Waals surface area contributed by atoms with Crippen molar-refractivity contribution >= 4 is 23.3 Å². The molecule has 0 fully saturated rings. The van der Waals surface area contributed by atoms with Gasteiger partial charge in [-0.25, -0.2) is 4.79 Å². The minimum Gasteiger partial charge on any atom is -0.479 e. The molecule has 0 amide bonds. The number of rotatable bonds is 4. The Morgan fingerprint density at radius 2 is 1.72 bits per heavy atom. The number of carboxylic acids is 1. The molecule has 1 aliphatic rings. The lowest BCUT2D eigenvalue weighted by molar-refractivity contribution is -0.157. The van der Waals surface area contributed by atoms with E-state index in [1.807, 2.05) is 36.4 Å². The molecule has 1 aliphatic carbocycles. The second-order valence-corrected chi connectivity index (χ2v) is 7.14. The largest absolute Gasteiger partial charge is 0.479 e. The Hall–Kier alpha value is -2.12. The van der Waals surface area contributed by atoms with E-state index in [-0.39, 0.29) is 5.57 Å². The quantitative estimate of drug-likeness (QED) is 0.669. The minimum atomic E-state index is -2.20. The number of hydrogen-bond acceptors (Lipinski definition) is 5. The SMILES string of the molecule is O=C(O)C1(O)C=C(c2cccc(Sc3ccccc3)c2)C(O)C(O)C1. The summed E-state index contributed by atoms with van der Waals surface area (Å²) < 4.78 is 0. The molecule has 3 atom stereocenters. The van der Waals surface area contributed by atoms with Crippen LogP contribution < -0.4 is 0 Å². The molecule has 3 rings (SSSR count). The van der Waals surface area contributed by atoms with E-state index in [9.17, 15) is 25.2 Å². The smallest absolute Gasteiger partial charge is 0.339 e. The molecule has 5 nitrogen and oxygen atoms in total. The van der Waals surface area contributed by atoms with Crippen molar-refractivity contribution in [3.05, 3.63) is 66.2 Å². The Labute approximate surface area is 149 Å². The lowest BCUT2D eigenvalue weighted by Crippen LogP contribution is -2.47. The molecule has 0 heterocycles. The van der Waals surface area contributed by atoms with E-state index in [2.05, 4.69) is 0 Å². The summed E-state index contributed by atoms with van der Waals surface area (Å²) in [4.78, 5) is 13.3. The highest BCUT2D eigenvalue weighted by Gasteiger charge is 2.43. The highest BCUT2D eigenvalue weighted by molar-refractivity contribution is 7.99. The van der Waals surface area contributed by atoms with E-state index in [0.29, 0.717) is 5.56 Å². The first-order valence-corrected chi connectivity index (χ1v) is 8.59. The number of aliphatic hydroxyl groups excluding tert-OH is 2. The summed E-state index contributed by atoms with van der Waals surface area (Å²) in [5.41, 5.74) is -1.43. The number of aliphatic hydroxyl groups is 3. The van der Waals surface area contributed by atoms with Gasteiger partial charge in [0.25, 0.3) is 0 Å². The van der Waals surface area contributed by atoms with Gasteiger partial charge in [-0.05, 0) is 41.5 Å². The van der Waals surface area contributed by atoms with Crippen LogP contribution in [-0.4, -0.2) is 44.2 Å². The standard InChI is InChI=1S/C19H18O5S/c20-16-11-19(24,18(22)23)10-15(17(16)21)12-5-4-8-14(9-12)25-13-6-2-1-3-7-13/h1-10,16-17,20-21,24H,11H2,(H,22,23). The highest BCUT2D eigenvalue weighted by Crippen LogP contribution is 2.36. The predicted molar refractivity (Wildman–Crippen MR) is 94.2 cm³/mol. The van der Waals surface area contributed by atoms with Crippen molar-refractivity contribution in [2.45, 2.75) is 34.0 Å². The van der Waals surface area contributed by atoms with Crippen LogP contribution in [0.1, 0.15) is 12.0 Å². The van der Waals surface area contributed by atoms with Crippen LogP contribution in [0.25, 0.3) is 5.57 Å². The van der Waals surface area contributed by atoms with Gasteiger partial charge in [0, 0.05) is 16.2 Å². The third-order valence-electron chi connectivity index (χ3n) is 4.11. The molecule has 0 saturated carbocycles. The summed E-state index contributed by atoms with van der Waals surface area (Å²) in [6.45, 7) is 0. The molecular formula is C19H18O5S. The van der Waals surface area contributed by atoms with E-state index < -0.39 is 30.2 Å². The van der Waals surface area contributed by atoms with Gasteiger partial charge in [-0.15, -0.1) is 0 Å². The molecular weight excluding hydrogens is 340 g/mol. The van der Waals surface area contributed by atoms with Crippen LogP contribution in [0.2, 0.25) is 0 Å². The fourth-order valence-corrected chi connectivity index (χ4v) is 3.70. The van der Waals surface area contributed by atoms with Crippen LogP contribution in [0.5, 0.6) is 0 Å². The zero-order chi connectivity index (χ0) is 18.0. The number of carboxylic acid groups (broad SMARTS) is 1. The highest BCUT2D eigenvalue weighted by atomic mass is 32.2. The van der Waals surface area contributed by atoms with E-state index in [1.165, 1.54) is 11.8 Å². The molecule has 25 heavy (non-hydrogen) atoms. The van der Waals surface area contributed by atoms with Crippen molar-refractivity contribution in [3.63, 3.8) is 0 Å². The second-order valence-electron chi connectivity index (χ2n) is 5.99. The Morgan fingerprint density at radius 3 is 2.40 bits per heavy atom. The van der Waals surface area contributed by atoms with Crippen LogP contribution in [0.3, 0.4) is 0 Å². The zero-order valence-electron chi connectivity index (χ0n) is 13.2. The zero-order valence-corrected chi connectivity index (χ0v) is 14.1. The average molecular weight is 358 g/mol. The van der Waals surface area contributed by atoms with Crippen molar-refractivity contribution in [1.82, 2.24) is 0 Å². The summed E-state index contributed by atoms with van der Waals surface area (Å²) in [5, 5.41) is 39.7. The Kier molecular flexibility index (Phi) is 4.96. The van der Waals surface area contributed by atoms with Gasteiger partial charge in [0.1, 0.15) is 6.10 Å². The summed E-state index contributed by atoms with van der Waals surface area (Å²) >= 11 is 1.52. The number of aliphatic carboxylic acids is 1. The first kappa shape index (κ1) is 17.7. The molecule has 0 aliphatic heterocycles. The maximum Gasteiger partial charge on any atom is 0.339 e. The fraction of sp³-hybridized carbons (Fsp3) is 0.211. The monoisotopic (exact) mass is 358 g/mol. The van der Waals surface area contributed by atoms with E-state index in [4.69, 9.17) is 0 Å². The van der Waals surface area contributed by atoms with Gasteiger partial charge in [-0.3, -0.25) is 0 Å². The van der Waals surface area contributed by atoms with Crippen molar-refractivity contribution in [2.75, 3.05) is 0 Å². The Morgan fingerprint density at radius 1 is 1.04 bits per heavy atom. The molecule has 0 saturated heterocycles. The van der Waals surface area contributed by atoms with Crippen LogP contribution >= 0.6 is 11.8 Å². The molecule has 4 N–H and O–H groups in total. The van der Waals surface area contributed by atoms with Gasteiger partial charge in [0.15, 0.2) is 5.60 Å². The molecule has 0 bridgehead atoms. The van der Waals surface area contributed by atoms with Gasteiger partial charge in [-0.2, -0.15) is 0 Å². The van der Waals surface area contributed by atoms with Gasteiger partial charge < -0.3 is 20.4 Å². The number of benzene rings is 2. The third kappa shape index (κ3) is 3.77. The maximum absolute atomic E-state index is 11.3. The van der Waals surface area contributed by atoms with Crippen molar-refractivity contribution in [1.29, 1.82) is 0 Å². The maximum atomic E-state index is 11.3. The summed E-state index contributed by atoms with van der Waals surface area (Å²) in [7, 11) is 0. The van der Waals surface area contributed by atoms with E-state index in [1.54, 1.807) is 18.2 Å². The summed E-state index contributed by atoms with van der Waals surface area (Å²) in [6, 6.07) is 16.9. The van der Waals surface area contributed by atoms with E-state index >= 15 is 0 Å². The molecule has 3 unspecified atom stereocenters. The van der Waals surface area contributed by atoms with Crippen LogP contribution in [0, 0.1) is 0 Å². The van der Waals surface area contributed by atoms with Crippen molar-refractivity contribution in [2.24, 2.45) is 0 Å². The summed E-state index contributed by atoms with van der Waals surface area (Å²) in [6.07, 6.45) is -1.94. The predicted octanol–water partition coefficient (Wildman–Crippen LogP) is 2.16. The second kappa shape index (κ2) is 7.01. The van der Waals surface area contributed by atoms with Gasteiger partial charge in [0.2, 0.25) is 0 Å². The summed E-state index contributed by atoms with van der Waals surface area (Å²) in [5.74, 6) is -1.45. The van der Waals surface area contributed by atoms with Gasteiger partial charge in [-0.1, -0.05) is 42.1 Å².